The van der Waals surface area contributed by atoms with Crippen LogP contribution in [0, 0.1) is 0 Å². The molecule has 0 N–H and O–H groups in total. The van der Waals surface area contributed by atoms with Crippen LogP contribution in [-0.2, 0) is 16.0 Å². The highest BCUT2D eigenvalue weighted by Gasteiger charge is 2.16. The van der Waals surface area contributed by atoms with Crippen LogP contribution in [0.25, 0.3) is 0 Å². The predicted molar refractivity (Wildman–Crippen MR) is 105 cm³/mol. The molecule has 7 heteroatoms. The minimum Gasteiger partial charge on any atom is -0.345 e. The van der Waals surface area contributed by atoms with Gasteiger partial charge in [0, 0.05) is 61.6 Å². The third-order valence-corrected chi connectivity index (χ3v) is 4.44. The number of hydrogen-bond donors (Lipinski definition) is 0. The highest BCUT2D eigenvalue weighted by Crippen LogP contribution is 2.25. The number of rotatable bonds is 7. The fraction of sp³-hybridized carbons (Fsp3) is 0.316. The largest absolute Gasteiger partial charge is 0.345 e. The standard InChI is InChI=1S/C19H21Cl2N3O2/c1-14(25)24(18-12-16(20)11-17(21)13-18)10-6-19(26)23(2)9-5-15-3-7-22-8-4-15/h3-4,7-8,11-13H,5-6,9-10H2,1-2H3. The van der Waals surface area contributed by atoms with Gasteiger partial charge in [-0.3, -0.25) is 14.6 Å². The maximum Gasteiger partial charge on any atom is 0.224 e. The Balaban J connectivity index is 1.93. The Bertz CT molecular complexity index is 748. The summed E-state index contributed by atoms with van der Waals surface area (Å²) in [6.07, 6.45) is 4.44. The molecule has 0 bridgehead atoms. The van der Waals surface area contributed by atoms with Crippen molar-refractivity contribution in [3.05, 3.63) is 58.3 Å². The van der Waals surface area contributed by atoms with Crippen molar-refractivity contribution in [1.29, 1.82) is 0 Å². The molecule has 26 heavy (non-hydrogen) atoms. The van der Waals surface area contributed by atoms with Crippen LogP contribution in [0.2, 0.25) is 10.0 Å². The van der Waals surface area contributed by atoms with Gasteiger partial charge in [0.15, 0.2) is 0 Å². The molecule has 0 atom stereocenters. The first-order chi connectivity index (χ1) is 12.4. The van der Waals surface area contributed by atoms with Gasteiger partial charge in [-0.25, -0.2) is 0 Å². The van der Waals surface area contributed by atoms with Crippen LogP contribution in [0.15, 0.2) is 42.7 Å². The number of anilines is 1. The number of likely N-dealkylation sites (N-methyl/N-ethyl adjacent to an activating group) is 1. The number of carbonyl (C=O) groups is 2. The monoisotopic (exact) mass is 393 g/mol. The summed E-state index contributed by atoms with van der Waals surface area (Å²) in [5.41, 5.74) is 1.71. The Labute approximate surface area is 163 Å². The van der Waals surface area contributed by atoms with E-state index in [0.29, 0.717) is 22.3 Å². The number of nitrogens with zero attached hydrogens (tertiary/aromatic N) is 3. The van der Waals surface area contributed by atoms with Crippen molar-refractivity contribution in [3.63, 3.8) is 0 Å². The second kappa shape index (κ2) is 9.55. The Morgan fingerprint density at radius 3 is 2.23 bits per heavy atom. The molecule has 0 saturated heterocycles. The van der Waals surface area contributed by atoms with Crippen molar-refractivity contribution in [1.82, 2.24) is 9.88 Å². The van der Waals surface area contributed by atoms with Crippen molar-refractivity contribution in [2.24, 2.45) is 0 Å². The molecule has 0 radical (unpaired) electrons. The average molecular weight is 394 g/mol. The summed E-state index contributed by atoms with van der Waals surface area (Å²) in [5, 5.41) is 0.888. The highest BCUT2D eigenvalue weighted by molar-refractivity contribution is 6.35. The Kier molecular flexibility index (Phi) is 7.42. The van der Waals surface area contributed by atoms with E-state index >= 15 is 0 Å². The summed E-state index contributed by atoms with van der Waals surface area (Å²) in [6, 6.07) is 8.78. The number of hydrogen-bond acceptors (Lipinski definition) is 3. The zero-order valence-electron chi connectivity index (χ0n) is 14.8. The fourth-order valence-corrected chi connectivity index (χ4v) is 3.05. The van der Waals surface area contributed by atoms with Gasteiger partial charge in [0.25, 0.3) is 0 Å². The van der Waals surface area contributed by atoms with E-state index in [1.165, 1.54) is 11.8 Å². The van der Waals surface area contributed by atoms with E-state index in [1.54, 1.807) is 42.5 Å². The second-order valence-electron chi connectivity index (χ2n) is 5.97. The molecule has 0 aliphatic carbocycles. The molecule has 0 aliphatic heterocycles. The topological polar surface area (TPSA) is 53.5 Å². The van der Waals surface area contributed by atoms with E-state index in [2.05, 4.69) is 4.98 Å². The van der Waals surface area contributed by atoms with Gasteiger partial charge in [0.1, 0.15) is 0 Å². The minimum absolute atomic E-state index is 0.0292. The number of aromatic nitrogens is 1. The van der Waals surface area contributed by atoms with E-state index in [0.717, 1.165) is 12.0 Å². The molecular weight excluding hydrogens is 373 g/mol. The van der Waals surface area contributed by atoms with Gasteiger partial charge in [-0.05, 0) is 42.3 Å². The fourth-order valence-electron chi connectivity index (χ4n) is 2.53. The minimum atomic E-state index is -0.171. The number of amides is 2. The van der Waals surface area contributed by atoms with E-state index in [9.17, 15) is 9.59 Å². The number of pyridine rings is 1. The van der Waals surface area contributed by atoms with Gasteiger partial charge < -0.3 is 9.80 Å². The van der Waals surface area contributed by atoms with Crippen molar-refractivity contribution < 1.29 is 9.59 Å². The van der Waals surface area contributed by atoms with E-state index < -0.39 is 0 Å². The average Bonchev–Trinajstić information content (AvgIpc) is 2.59. The van der Waals surface area contributed by atoms with Crippen LogP contribution in [0.4, 0.5) is 5.69 Å². The number of benzene rings is 1. The smallest absolute Gasteiger partial charge is 0.224 e. The van der Waals surface area contributed by atoms with Crippen LogP contribution in [0.3, 0.4) is 0 Å². The second-order valence-corrected chi connectivity index (χ2v) is 6.84. The van der Waals surface area contributed by atoms with Crippen LogP contribution < -0.4 is 4.90 Å². The SMILES string of the molecule is CC(=O)N(CCC(=O)N(C)CCc1ccncc1)c1cc(Cl)cc(Cl)c1. The molecule has 0 spiro atoms. The lowest BCUT2D eigenvalue weighted by Crippen LogP contribution is -2.35. The van der Waals surface area contributed by atoms with Gasteiger partial charge in [-0.2, -0.15) is 0 Å². The molecule has 2 rings (SSSR count). The maximum absolute atomic E-state index is 12.4. The van der Waals surface area contributed by atoms with Crippen molar-refractivity contribution >= 4 is 40.7 Å². The maximum atomic E-state index is 12.4. The number of halogens is 2. The van der Waals surface area contributed by atoms with Crippen LogP contribution in [0.1, 0.15) is 18.9 Å². The van der Waals surface area contributed by atoms with E-state index in [-0.39, 0.29) is 24.8 Å². The third kappa shape index (κ3) is 6.00. The molecule has 0 aliphatic rings. The molecule has 1 heterocycles. The first-order valence-electron chi connectivity index (χ1n) is 8.24. The van der Waals surface area contributed by atoms with Gasteiger partial charge >= 0.3 is 0 Å². The molecular formula is C19H21Cl2N3O2. The normalized spacial score (nSPS) is 10.5. The summed E-state index contributed by atoms with van der Waals surface area (Å²) in [6.45, 7) is 2.32. The van der Waals surface area contributed by atoms with E-state index in [4.69, 9.17) is 23.2 Å². The molecule has 0 unspecified atom stereocenters. The van der Waals surface area contributed by atoms with Gasteiger partial charge in [-0.15, -0.1) is 0 Å². The zero-order chi connectivity index (χ0) is 19.1. The third-order valence-electron chi connectivity index (χ3n) is 4.00. The summed E-state index contributed by atoms with van der Waals surface area (Å²) in [5.74, 6) is -0.200. The lowest BCUT2D eigenvalue weighted by molar-refractivity contribution is -0.129. The molecule has 2 amide bonds. The summed E-state index contributed by atoms with van der Waals surface area (Å²) < 4.78 is 0. The highest BCUT2D eigenvalue weighted by atomic mass is 35.5. The molecule has 0 fully saturated rings. The van der Waals surface area contributed by atoms with Crippen molar-refractivity contribution in [2.45, 2.75) is 19.8 Å². The van der Waals surface area contributed by atoms with Gasteiger partial charge in [0.05, 0.1) is 0 Å². The lowest BCUT2D eigenvalue weighted by atomic mass is 10.2. The Hall–Kier alpha value is -2.11. The Morgan fingerprint density at radius 1 is 1.04 bits per heavy atom. The van der Waals surface area contributed by atoms with Crippen LogP contribution in [0.5, 0.6) is 0 Å². The zero-order valence-corrected chi connectivity index (χ0v) is 16.3. The molecule has 1 aromatic carbocycles. The quantitative estimate of drug-likeness (QED) is 0.717. The van der Waals surface area contributed by atoms with Crippen molar-refractivity contribution in [2.75, 3.05) is 25.0 Å². The molecule has 5 nitrogen and oxygen atoms in total. The van der Waals surface area contributed by atoms with E-state index in [1.807, 2.05) is 12.1 Å². The summed E-state index contributed by atoms with van der Waals surface area (Å²) in [7, 11) is 1.76. The lowest BCUT2D eigenvalue weighted by Gasteiger charge is -2.23. The predicted octanol–water partition coefficient (Wildman–Crippen LogP) is 3.83. The van der Waals surface area contributed by atoms with Crippen molar-refractivity contribution in [3.8, 4) is 0 Å². The first-order valence-corrected chi connectivity index (χ1v) is 8.99. The molecule has 1 aromatic heterocycles. The molecule has 0 saturated carbocycles. The number of carbonyl (C=O) groups excluding carboxylic acids is 2. The Morgan fingerprint density at radius 2 is 1.65 bits per heavy atom. The van der Waals surface area contributed by atoms with Gasteiger partial charge in [0.2, 0.25) is 11.8 Å². The summed E-state index contributed by atoms with van der Waals surface area (Å²) >= 11 is 12.0. The molecule has 2 aromatic rings. The van der Waals surface area contributed by atoms with Crippen LogP contribution >= 0.6 is 23.2 Å². The van der Waals surface area contributed by atoms with Gasteiger partial charge in [-0.1, -0.05) is 23.2 Å². The first kappa shape index (κ1) is 20.2. The summed E-state index contributed by atoms with van der Waals surface area (Å²) in [4.78, 5) is 31.5. The van der Waals surface area contributed by atoms with Crippen LogP contribution in [-0.4, -0.2) is 41.8 Å². The molecule has 138 valence electrons.